The van der Waals surface area contributed by atoms with E-state index in [0.29, 0.717) is 5.56 Å². The molecule has 3 fully saturated rings. The minimum Gasteiger partial charge on any atom is -0.467 e. The monoisotopic (exact) mass is 896 g/mol. The molecule has 2 bridgehead atoms. The van der Waals surface area contributed by atoms with Crippen LogP contribution >= 0.6 is 0 Å². The quantitative estimate of drug-likeness (QED) is 0.166. The summed E-state index contributed by atoms with van der Waals surface area (Å²) in [7, 11) is -3.93. The molecule has 0 aromatic heterocycles. The molecule has 336 valence electrons. The van der Waals surface area contributed by atoms with Crippen molar-refractivity contribution in [2.24, 2.45) is 5.92 Å². The highest BCUT2D eigenvalue weighted by Gasteiger charge is 2.67. The van der Waals surface area contributed by atoms with Crippen molar-refractivity contribution >= 4 is 51.6 Å². The topological polar surface area (TPSA) is 246 Å². The molecule has 0 aliphatic carbocycles. The van der Waals surface area contributed by atoms with Crippen LogP contribution < -0.4 is 0 Å². The summed E-state index contributed by atoms with van der Waals surface area (Å²) in [6.45, 7) is 3.67. The van der Waals surface area contributed by atoms with E-state index in [1.54, 1.807) is 36.4 Å². The van der Waals surface area contributed by atoms with Gasteiger partial charge in [0.2, 0.25) is 6.29 Å². The lowest BCUT2D eigenvalue weighted by atomic mass is 9.77. The highest BCUT2D eigenvalue weighted by atomic mass is 32.2. The molecular formula is C43H44O19S. The van der Waals surface area contributed by atoms with Gasteiger partial charge in [0.15, 0.2) is 46.5 Å². The standard InChI is InChI=1S/C43H44O19S/c1-22(44)55-30(32-33(57-24(3)46)34(61-40(48)27-17-11-7-12-18-27)35(58-25(4)47)36(59-32)41(49)53-5)29-31(56-23(2)45)37-43(54-21-26-15-9-6-10-16-26)62-42(50)38(60-37)39(29)63(51,52)28-19-13-8-14-20-28/h6-20,29-39,43H,21H2,1-5H3/t29-,30+,31+,32+,33-,34-,35+,36+,37-,38+,39+,43-/m1/s1. The van der Waals surface area contributed by atoms with Crippen LogP contribution in [0.3, 0.4) is 0 Å². The molecule has 12 atom stereocenters. The van der Waals surface area contributed by atoms with Crippen LogP contribution in [0.1, 0.15) is 43.6 Å². The van der Waals surface area contributed by atoms with E-state index < -0.39 is 124 Å². The molecule has 63 heavy (non-hydrogen) atoms. The Kier molecular flexibility index (Phi) is 14.6. The van der Waals surface area contributed by atoms with E-state index in [1.165, 1.54) is 54.6 Å². The molecule has 0 radical (unpaired) electrons. The second kappa shape index (κ2) is 19.9. The van der Waals surface area contributed by atoms with Crippen molar-refractivity contribution < 1.29 is 89.3 Å². The van der Waals surface area contributed by atoms with E-state index in [1.807, 2.05) is 0 Å². The van der Waals surface area contributed by atoms with Gasteiger partial charge >= 0.3 is 41.8 Å². The Hall–Kier alpha value is -6.22. The van der Waals surface area contributed by atoms with Crippen LogP contribution in [0.25, 0.3) is 0 Å². The summed E-state index contributed by atoms with van der Waals surface area (Å²) in [5.74, 6) is -9.72. The highest BCUT2D eigenvalue weighted by Crippen LogP contribution is 2.46. The predicted molar refractivity (Wildman–Crippen MR) is 209 cm³/mol. The number of carbonyl (C=O) groups is 7. The average molecular weight is 897 g/mol. The van der Waals surface area contributed by atoms with Gasteiger partial charge in [-0.2, -0.15) is 0 Å². The maximum absolute atomic E-state index is 15.0. The molecule has 0 saturated carbocycles. The number of carbonyl (C=O) groups excluding carboxylic acids is 7. The number of ether oxygens (including phenoxy) is 10. The van der Waals surface area contributed by atoms with Gasteiger partial charge in [-0.05, 0) is 29.8 Å². The Bertz CT molecular complexity index is 2270. The second-order valence-corrected chi connectivity index (χ2v) is 16.7. The van der Waals surface area contributed by atoms with Gasteiger partial charge in [-0.1, -0.05) is 66.7 Å². The molecule has 3 heterocycles. The van der Waals surface area contributed by atoms with Crippen LogP contribution in [0.4, 0.5) is 0 Å². The first-order valence-corrected chi connectivity index (χ1v) is 21.0. The lowest BCUT2D eigenvalue weighted by Gasteiger charge is -2.53. The lowest BCUT2D eigenvalue weighted by molar-refractivity contribution is -0.308. The Balaban J connectivity index is 1.59. The maximum Gasteiger partial charge on any atom is 0.339 e. The minimum atomic E-state index is -4.89. The molecule has 3 aliphatic rings. The zero-order valence-electron chi connectivity index (χ0n) is 34.5. The zero-order valence-corrected chi connectivity index (χ0v) is 35.3. The largest absolute Gasteiger partial charge is 0.467 e. The fraction of sp³-hybridized carbons (Fsp3) is 0.419. The van der Waals surface area contributed by atoms with Gasteiger partial charge in [-0.15, -0.1) is 0 Å². The summed E-state index contributed by atoms with van der Waals surface area (Å²) in [6, 6.07) is 22.8. The third-order valence-corrected chi connectivity index (χ3v) is 12.5. The molecule has 0 N–H and O–H groups in total. The molecule has 0 spiro atoms. The number of benzene rings is 3. The van der Waals surface area contributed by atoms with Crippen molar-refractivity contribution in [3.63, 3.8) is 0 Å². The average Bonchev–Trinajstić information content (AvgIpc) is 3.25. The molecular weight excluding hydrogens is 853 g/mol. The number of rotatable bonds is 14. The summed E-state index contributed by atoms with van der Waals surface area (Å²) < 4.78 is 88.1. The first-order chi connectivity index (χ1) is 30.0. The van der Waals surface area contributed by atoms with Crippen molar-refractivity contribution in [3.05, 3.63) is 102 Å². The molecule has 19 nitrogen and oxygen atoms in total. The summed E-state index contributed by atoms with van der Waals surface area (Å²) in [5, 5.41) is -2.18. The molecule has 20 heteroatoms. The molecule has 3 saturated heterocycles. The molecule has 3 aliphatic heterocycles. The first kappa shape index (κ1) is 46.3. The van der Waals surface area contributed by atoms with Crippen LogP contribution in [0, 0.1) is 5.92 Å². The predicted octanol–water partition coefficient (Wildman–Crippen LogP) is 2.21. The van der Waals surface area contributed by atoms with Gasteiger partial charge in [-0.3, -0.25) is 19.2 Å². The number of hydrogen-bond acceptors (Lipinski definition) is 19. The van der Waals surface area contributed by atoms with E-state index >= 15 is 8.42 Å². The zero-order chi connectivity index (χ0) is 45.6. The van der Waals surface area contributed by atoms with Crippen molar-refractivity contribution in [3.8, 4) is 0 Å². The number of fused-ring (bicyclic) bond motifs is 2. The molecule has 0 unspecified atom stereocenters. The third-order valence-electron chi connectivity index (χ3n) is 10.3. The van der Waals surface area contributed by atoms with Crippen molar-refractivity contribution in [2.45, 2.75) is 106 Å². The highest BCUT2D eigenvalue weighted by molar-refractivity contribution is 7.92. The first-order valence-electron chi connectivity index (χ1n) is 19.5. The van der Waals surface area contributed by atoms with Gasteiger partial charge in [0.05, 0.1) is 30.1 Å². The van der Waals surface area contributed by atoms with E-state index in [-0.39, 0.29) is 17.1 Å². The molecule has 0 amide bonds. The van der Waals surface area contributed by atoms with Crippen LogP contribution in [-0.4, -0.2) is 124 Å². The van der Waals surface area contributed by atoms with Gasteiger partial charge in [0.25, 0.3) is 0 Å². The second-order valence-electron chi connectivity index (χ2n) is 14.6. The normalized spacial score (nSPS) is 28.2. The van der Waals surface area contributed by atoms with Gasteiger partial charge < -0.3 is 47.4 Å². The Morgan fingerprint density at radius 2 is 1.22 bits per heavy atom. The molecule has 3 aromatic rings. The van der Waals surface area contributed by atoms with E-state index in [9.17, 15) is 33.6 Å². The number of methoxy groups -OCH3 is 1. The fourth-order valence-corrected chi connectivity index (χ4v) is 9.94. The van der Waals surface area contributed by atoms with Crippen LogP contribution in [0.2, 0.25) is 0 Å². The summed E-state index contributed by atoms with van der Waals surface area (Å²) in [5.41, 5.74) is 0.567. The Morgan fingerprint density at radius 1 is 0.667 bits per heavy atom. The fourth-order valence-electron chi connectivity index (χ4n) is 7.86. The molecule has 3 aromatic carbocycles. The number of hydrogen-bond donors (Lipinski definition) is 0. The van der Waals surface area contributed by atoms with Crippen molar-refractivity contribution in [2.75, 3.05) is 7.11 Å². The van der Waals surface area contributed by atoms with E-state index in [2.05, 4.69) is 0 Å². The smallest absolute Gasteiger partial charge is 0.339 e. The van der Waals surface area contributed by atoms with Crippen LogP contribution in [-0.2, 0) is 92.6 Å². The van der Waals surface area contributed by atoms with Crippen molar-refractivity contribution in [1.82, 2.24) is 0 Å². The van der Waals surface area contributed by atoms with Gasteiger partial charge in [0.1, 0.15) is 23.6 Å². The Morgan fingerprint density at radius 3 is 1.79 bits per heavy atom. The van der Waals surface area contributed by atoms with Crippen LogP contribution in [0.15, 0.2) is 95.9 Å². The third kappa shape index (κ3) is 10.4. The number of sulfone groups is 1. The lowest BCUT2D eigenvalue weighted by Crippen LogP contribution is -2.73. The number of esters is 7. The van der Waals surface area contributed by atoms with E-state index in [4.69, 9.17) is 47.4 Å². The van der Waals surface area contributed by atoms with Crippen LogP contribution in [0.5, 0.6) is 0 Å². The summed E-state index contributed by atoms with van der Waals surface area (Å²) in [6.07, 6.45) is -19.5. The Labute approximate surface area is 361 Å². The van der Waals surface area contributed by atoms with Crippen molar-refractivity contribution in [1.29, 1.82) is 0 Å². The summed E-state index contributed by atoms with van der Waals surface area (Å²) in [4.78, 5) is 93.3. The summed E-state index contributed by atoms with van der Waals surface area (Å²) >= 11 is 0. The van der Waals surface area contributed by atoms with Gasteiger partial charge in [-0.25, -0.2) is 22.8 Å². The molecule has 6 rings (SSSR count). The minimum absolute atomic E-state index is 0.0453. The SMILES string of the molecule is COC(=O)[C@H]1O[C@@H]([C@@H](OC(C)=O)[C@@H]2[C@H](OC(C)=O)[C@H]3O[C@H](C(=O)O[C@H]3OCc3ccccc3)[C@H]2S(=O)(=O)c2ccccc2)[C@@H](OC(C)=O)[C@@H](OC(=O)c2ccccc2)[C@@H]1OC(C)=O. The van der Waals surface area contributed by atoms with E-state index in [0.717, 1.165) is 34.8 Å². The number of cyclic esters (lactones) is 1. The van der Waals surface area contributed by atoms with Gasteiger partial charge in [0, 0.05) is 27.7 Å². The maximum atomic E-state index is 15.0.